The molecule has 1 heterocycles. The van der Waals surface area contributed by atoms with Gasteiger partial charge in [0.1, 0.15) is 4.99 Å². The van der Waals surface area contributed by atoms with E-state index < -0.39 is 0 Å². The second-order valence-electron chi connectivity index (χ2n) is 4.81. The fraction of sp³-hybridized carbons (Fsp3) is 0.462. The highest BCUT2D eigenvalue weighted by Gasteiger charge is 2.25. The number of thiocarbonyl (C=S) groups is 1. The molecule has 0 amide bonds. The first-order valence-electron chi connectivity index (χ1n) is 6.01. The third-order valence-corrected chi connectivity index (χ3v) is 3.97. The summed E-state index contributed by atoms with van der Waals surface area (Å²) in [4.78, 5) is 2.55. The van der Waals surface area contributed by atoms with Gasteiger partial charge < -0.3 is 15.7 Å². The first-order valence-corrected chi connectivity index (χ1v) is 6.80. The van der Waals surface area contributed by atoms with E-state index in [2.05, 4.69) is 4.90 Å². The van der Waals surface area contributed by atoms with Crippen molar-refractivity contribution >= 4 is 34.5 Å². The van der Waals surface area contributed by atoms with Gasteiger partial charge in [-0.1, -0.05) is 30.7 Å². The summed E-state index contributed by atoms with van der Waals surface area (Å²) >= 11 is 11.2. The summed E-state index contributed by atoms with van der Waals surface area (Å²) in [6, 6.07) is 5.63. The van der Waals surface area contributed by atoms with Crippen LogP contribution in [0.15, 0.2) is 18.2 Å². The minimum Gasteiger partial charge on any atom is -0.393 e. The van der Waals surface area contributed by atoms with Crippen LogP contribution < -0.4 is 10.6 Å². The van der Waals surface area contributed by atoms with Gasteiger partial charge in [0.25, 0.3) is 0 Å². The van der Waals surface area contributed by atoms with Crippen LogP contribution in [-0.4, -0.2) is 29.3 Å². The highest BCUT2D eigenvalue weighted by Crippen LogP contribution is 2.30. The van der Waals surface area contributed by atoms with Gasteiger partial charge in [0.15, 0.2) is 0 Å². The SMILES string of the molecule is CC1CN(c2ccc(C(N)=S)cc2Cl)CCC1O. The Morgan fingerprint density at radius 3 is 2.83 bits per heavy atom. The summed E-state index contributed by atoms with van der Waals surface area (Å²) in [6.07, 6.45) is 0.560. The molecule has 98 valence electrons. The van der Waals surface area contributed by atoms with Crippen molar-refractivity contribution in [2.45, 2.75) is 19.4 Å². The van der Waals surface area contributed by atoms with Gasteiger partial charge in [0.05, 0.1) is 16.8 Å². The number of nitrogens with zero attached hydrogens (tertiary/aromatic N) is 1. The number of aliphatic hydroxyl groups excluding tert-OH is 1. The molecule has 2 rings (SSSR count). The van der Waals surface area contributed by atoms with E-state index in [0.29, 0.717) is 10.0 Å². The van der Waals surface area contributed by atoms with E-state index in [9.17, 15) is 5.11 Å². The standard InChI is InChI=1S/C13H17ClN2OS/c1-8-7-16(5-4-12(8)17)11-3-2-9(13(15)18)6-10(11)14/h2-3,6,8,12,17H,4-5,7H2,1H3,(H2,15,18). The van der Waals surface area contributed by atoms with E-state index in [1.807, 2.05) is 19.1 Å². The number of anilines is 1. The zero-order valence-corrected chi connectivity index (χ0v) is 11.8. The highest BCUT2D eigenvalue weighted by molar-refractivity contribution is 7.80. The highest BCUT2D eigenvalue weighted by atomic mass is 35.5. The summed E-state index contributed by atoms with van der Waals surface area (Å²) in [6.45, 7) is 3.68. The summed E-state index contributed by atoms with van der Waals surface area (Å²) in [5.41, 5.74) is 7.34. The monoisotopic (exact) mass is 284 g/mol. The van der Waals surface area contributed by atoms with Gasteiger partial charge >= 0.3 is 0 Å². The molecule has 2 unspecified atom stereocenters. The molecule has 1 fully saturated rings. The lowest BCUT2D eigenvalue weighted by Gasteiger charge is -2.36. The Morgan fingerprint density at radius 1 is 1.56 bits per heavy atom. The van der Waals surface area contributed by atoms with E-state index in [1.54, 1.807) is 6.07 Å². The van der Waals surface area contributed by atoms with Crippen LogP contribution >= 0.6 is 23.8 Å². The molecule has 3 nitrogen and oxygen atoms in total. The van der Waals surface area contributed by atoms with Crippen LogP contribution in [0.25, 0.3) is 0 Å². The molecule has 0 bridgehead atoms. The molecule has 0 saturated carbocycles. The van der Waals surface area contributed by atoms with E-state index in [4.69, 9.17) is 29.6 Å². The maximum atomic E-state index is 9.74. The summed E-state index contributed by atoms with van der Waals surface area (Å²) in [5, 5.41) is 10.4. The van der Waals surface area contributed by atoms with Crippen molar-refractivity contribution in [1.29, 1.82) is 0 Å². The van der Waals surface area contributed by atoms with Crippen LogP contribution in [0.3, 0.4) is 0 Å². The topological polar surface area (TPSA) is 49.5 Å². The van der Waals surface area contributed by atoms with Crippen LogP contribution in [0.4, 0.5) is 5.69 Å². The van der Waals surface area contributed by atoms with E-state index in [1.165, 1.54) is 0 Å². The first-order chi connectivity index (χ1) is 8.49. The molecule has 1 aromatic rings. The number of halogens is 1. The molecule has 0 aliphatic carbocycles. The first kappa shape index (κ1) is 13.6. The third kappa shape index (κ3) is 2.76. The van der Waals surface area contributed by atoms with E-state index >= 15 is 0 Å². The quantitative estimate of drug-likeness (QED) is 0.818. The van der Waals surface area contributed by atoms with E-state index in [-0.39, 0.29) is 12.0 Å². The number of aliphatic hydroxyl groups is 1. The van der Waals surface area contributed by atoms with Gasteiger partial charge in [0.2, 0.25) is 0 Å². The fourth-order valence-electron chi connectivity index (χ4n) is 2.27. The maximum Gasteiger partial charge on any atom is 0.104 e. The molecule has 0 spiro atoms. The number of rotatable bonds is 2. The molecule has 3 N–H and O–H groups in total. The summed E-state index contributed by atoms with van der Waals surface area (Å²) in [7, 11) is 0. The van der Waals surface area contributed by atoms with Crippen molar-refractivity contribution in [3.05, 3.63) is 28.8 Å². The zero-order valence-electron chi connectivity index (χ0n) is 10.3. The molecular weight excluding hydrogens is 268 g/mol. The minimum atomic E-state index is -0.212. The lowest BCUT2D eigenvalue weighted by atomic mass is 9.96. The second-order valence-corrected chi connectivity index (χ2v) is 5.66. The van der Waals surface area contributed by atoms with Crippen LogP contribution in [0, 0.1) is 5.92 Å². The number of piperidine rings is 1. The van der Waals surface area contributed by atoms with E-state index in [0.717, 1.165) is 30.8 Å². The van der Waals surface area contributed by atoms with Crippen molar-refractivity contribution in [3.63, 3.8) is 0 Å². The van der Waals surface area contributed by atoms with Crippen molar-refractivity contribution < 1.29 is 5.11 Å². The molecule has 5 heteroatoms. The second kappa shape index (κ2) is 5.43. The molecule has 1 saturated heterocycles. The number of nitrogens with two attached hydrogens (primary N) is 1. The van der Waals surface area contributed by atoms with Crippen LogP contribution in [-0.2, 0) is 0 Å². The van der Waals surface area contributed by atoms with Gasteiger partial charge in [-0.05, 0) is 30.5 Å². The predicted molar refractivity (Wildman–Crippen MR) is 79.3 cm³/mol. The van der Waals surface area contributed by atoms with Gasteiger partial charge in [-0.25, -0.2) is 0 Å². The molecule has 2 atom stereocenters. The fourth-order valence-corrected chi connectivity index (χ4v) is 2.70. The van der Waals surface area contributed by atoms with Gasteiger partial charge in [-0.15, -0.1) is 0 Å². The Morgan fingerprint density at radius 2 is 2.28 bits per heavy atom. The maximum absolute atomic E-state index is 9.74. The van der Waals surface area contributed by atoms with Crippen molar-refractivity contribution in [1.82, 2.24) is 0 Å². The molecular formula is C13H17ClN2OS. The van der Waals surface area contributed by atoms with Crippen molar-refractivity contribution in [3.8, 4) is 0 Å². The Kier molecular flexibility index (Phi) is 4.10. The van der Waals surface area contributed by atoms with Crippen molar-refractivity contribution in [2.75, 3.05) is 18.0 Å². The lowest BCUT2D eigenvalue weighted by Crippen LogP contribution is -2.42. The Hall–Kier alpha value is -0.840. The molecule has 0 radical (unpaired) electrons. The van der Waals surface area contributed by atoms with Gasteiger partial charge in [-0.3, -0.25) is 0 Å². The smallest absolute Gasteiger partial charge is 0.104 e. The average molecular weight is 285 g/mol. The Labute approximate surface area is 118 Å². The molecule has 1 aliphatic heterocycles. The lowest BCUT2D eigenvalue weighted by molar-refractivity contribution is 0.0971. The summed E-state index contributed by atoms with van der Waals surface area (Å²) < 4.78 is 0. The zero-order chi connectivity index (χ0) is 13.3. The molecule has 1 aromatic carbocycles. The number of benzene rings is 1. The van der Waals surface area contributed by atoms with Crippen LogP contribution in [0.2, 0.25) is 5.02 Å². The molecule has 1 aliphatic rings. The minimum absolute atomic E-state index is 0.212. The largest absolute Gasteiger partial charge is 0.393 e. The van der Waals surface area contributed by atoms with Crippen LogP contribution in [0.1, 0.15) is 18.9 Å². The number of hydrogen-bond acceptors (Lipinski definition) is 3. The van der Waals surface area contributed by atoms with Crippen LogP contribution in [0.5, 0.6) is 0 Å². The predicted octanol–water partition coefficient (Wildman–Crippen LogP) is 2.18. The third-order valence-electron chi connectivity index (χ3n) is 3.43. The molecule has 0 aromatic heterocycles. The van der Waals surface area contributed by atoms with Gasteiger partial charge in [0, 0.05) is 18.7 Å². The van der Waals surface area contributed by atoms with Crippen molar-refractivity contribution in [2.24, 2.45) is 11.7 Å². The Balaban J connectivity index is 2.21. The summed E-state index contributed by atoms with van der Waals surface area (Å²) in [5.74, 6) is 0.255. The normalized spacial score (nSPS) is 24.1. The Bertz CT molecular complexity index is 466. The molecule has 18 heavy (non-hydrogen) atoms. The van der Waals surface area contributed by atoms with Gasteiger partial charge in [-0.2, -0.15) is 0 Å². The average Bonchev–Trinajstić information content (AvgIpc) is 2.32. The number of hydrogen-bond donors (Lipinski definition) is 2.